The molecule has 1 aromatic rings. The van der Waals surface area contributed by atoms with Crippen LogP contribution in [-0.4, -0.2) is 22.9 Å². The van der Waals surface area contributed by atoms with Crippen LogP contribution in [0, 0.1) is 0 Å². The van der Waals surface area contributed by atoms with Gasteiger partial charge in [0.2, 0.25) is 10.8 Å². The maximum atomic E-state index is 11.9. The average molecular weight is 304 g/mol. The highest BCUT2D eigenvalue weighted by Crippen LogP contribution is 2.30. The largest absolute Gasteiger partial charge is 0.475 e. The summed E-state index contributed by atoms with van der Waals surface area (Å²) in [6, 6.07) is 8.49. The van der Waals surface area contributed by atoms with E-state index >= 15 is 0 Å². The van der Waals surface area contributed by atoms with Gasteiger partial charge in [-0.1, -0.05) is 29.8 Å². The molecule has 0 fully saturated rings. The minimum absolute atomic E-state index is 0.356. The van der Waals surface area contributed by atoms with Gasteiger partial charge in [0.05, 0.1) is 6.10 Å². The second-order valence-corrected chi connectivity index (χ2v) is 5.93. The summed E-state index contributed by atoms with van der Waals surface area (Å²) >= 11 is 5.84. The van der Waals surface area contributed by atoms with E-state index in [4.69, 9.17) is 26.8 Å². The van der Waals surface area contributed by atoms with Crippen molar-refractivity contribution in [3.8, 4) is 5.75 Å². The maximum Gasteiger partial charge on any atom is 0.351 e. The lowest BCUT2D eigenvalue weighted by Crippen LogP contribution is -2.50. The summed E-state index contributed by atoms with van der Waals surface area (Å²) in [6.45, 7) is 3.36. The minimum Gasteiger partial charge on any atom is -0.475 e. The van der Waals surface area contributed by atoms with Crippen molar-refractivity contribution in [3.63, 3.8) is 0 Å². The molecule has 0 aromatic heterocycles. The van der Waals surface area contributed by atoms with Gasteiger partial charge in [-0.05, 0) is 26.0 Å². The fourth-order valence-corrected chi connectivity index (χ4v) is 1.66. The molecule has 0 radical (unpaired) electrons. The monoisotopic (exact) mass is 303 g/mol. The highest BCUT2D eigenvalue weighted by atomic mass is 35.5. The molecule has 0 aliphatic rings. The van der Waals surface area contributed by atoms with Crippen molar-refractivity contribution in [2.75, 3.05) is 0 Å². The number of nitrogens with two attached hydrogens (primary N) is 1. The Morgan fingerprint density at radius 2 is 1.95 bits per heavy atom. The van der Waals surface area contributed by atoms with Crippen LogP contribution in [0.25, 0.3) is 0 Å². The Morgan fingerprint density at radius 3 is 2.42 bits per heavy atom. The molecule has 5 nitrogen and oxygen atoms in total. The van der Waals surface area contributed by atoms with E-state index in [2.05, 4.69) is 0 Å². The molecule has 7 heteroatoms. The first kappa shape index (κ1) is 15.9. The first-order valence-electron chi connectivity index (χ1n) is 5.61. The van der Waals surface area contributed by atoms with Gasteiger partial charge in [-0.3, -0.25) is 10.3 Å². The number of hydrogen-bond donors (Lipinski definition) is 1. The van der Waals surface area contributed by atoms with Gasteiger partial charge in [-0.25, -0.2) is 4.79 Å². The fourth-order valence-electron chi connectivity index (χ4n) is 1.27. The summed E-state index contributed by atoms with van der Waals surface area (Å²) < 4.78 is 19.5. The molecule has 0 bridgehead atoms. The van der Waals surface area contributed by atoms with Gasteiger partial charge in [0.25, 0.3) is 0 Å². The summed E-state index contributed by atoms with van der Waals surface area (Å²) in [5.74, 6) is -0.382. The molecular formula is C12H15ClNO4P. The van der Waals surface area contributed by atoms with Crippen molar-refractivity contribution in [2.45, 2.75) is 30.8 Å². The maximum absolute atomic E-state index is 11.9. The van der Waals surface area contributed by atoms with E-state index in [0.717, 1.165) is 0 Å². The zero-order valence-corrected chi connectivity index (χ0v) is 12.2. The highest BCUT2D eigenvalue weighted by Gasteiger charge is 2.43. The number of alkyl halides is 1. The van der Waals surface area contributed by atoms with Crippen LogP contribution in [0.2, 0.25) is 0 Å². The molecule has 1 aromatic carbocycles. The van der Waals surface area contributed by atoms with Gasteiger partial charge >= 0.3 is 5.97 Å². The summed E-state index contributed by atoms with van der Waals surface area (Å²) in [6.07, 6.45) is -1.73. The van der Waals surface area contributed by atoms with E-state index in [1.165, 1.54) is 0 Å². The van der Waals surface area contributed by atoms with E-state index in [9.17, 15) is 9.36 Å². The predicted octanol–water partition coefficient (Wildman–Crippen LogP) is 2.53. The number of esters is 1. The summed E-state index contributed by atoms with van der Waals surface area (Å²) in [7, 11) is -0.625. The van der Waals surface area contributed by atoms with Gasteiger partial charge in [-0.15, -0.1) is 0 Å². The Bertz CT molecular complexity index is 439. The molecule has 0 aliphatic heterocycles. The van der Waals surface area contributed by atoms with Crippen LogP contribution in [0.4, 0.5) is 0 Å². The second-order valence-electron chi connectivity index (χ2n) is 4.12. The first-order valence-corrected chi connectivity index (χ1v) is 6.80. The van der Waals surface area contributed by atoms with Crippen LogP contribution in [0.3, 0.4) is 0 Å². The molecule has 2 N–H and O–H groups in total. The lowest BCUT2D eigenvalue weighted by molar-refractivity contribution is -0.156. The molecule has 0 aliphatic carbocycles. The van der Waals surface area contributed by atoms with E-state index < -0.39 is 25.3 Å². The molecule has 0 unspecified atom stereocenters. The Hall–Kier alpha value is -1.16. The number of carbonyl (C=O) groups excluding carboxylic acids is 1. The Balaban J connectivity index is 2.93. The lowest BCUT2D eigenvalue weighted by Gasteiger charge is -2.25. The van der Waals surface area contributed by atoms with E-state index in [1.54, 1.807) is 44.2 Å². The Kier molecular flexibility index (Phi) is 5.73. The quantitative estimate of drug-likeness (QED) is 0.378. The topological polar surface area (TPSA) is 78.6 Å². The molecule has 0 saturated heterocycles. The summed E-state index contributed by atoms with van der Waals surface area (Å²) in [5.41, 5.74) is 5.60. The molecule has 0 amide bonds. The summed E-state index contributed by atoms with van der Waals surface area (Å²) in [4.78, 5) is 11.9. The smallest absolute Gasteiger partial charge is 0.351 e. The van der Waals surface area contributed by atoms with Gasteiger partial charge in [0.15, 0.2) is 8.46 Å². The van der Waals surface area contributed by atoms with Crippen molar-refractivity contribution in [1.82, 2.24) is 0 Å². The molecular weight excluding hydrogens is 289 g/mol. The van der Waals surface area contributed by atoms with Crippen molar-refractivity contribution in [3.05, 3.63) is 30.3 Å². The number of halogens is 1. The molecule has 0 heterocycles. The number of hydrogen-bond acceptors (Lipinski definition) is 5. The third kappa shape index (κ3) is 4.78. The average Bonchev–Trinajstić information content (AvgIpc) is 2.36. The van der Waals surface area contributed by atoms with Crippen LogP contribution in [0.5, 0.6) is 5.75 Å². The van der Waals surface area contributed by atoms with Crippen molar-refractivity contribution < 1.29 is 18.8 Å². The molecule has 104 valence electrons. The molecule has 1 rings (SSSR count). The fraction of sp³-hybridized carbons (Fsp3) is 0.417. The Morgan fingerprint density at radius 1 is 1.37 bits per heavy atom. The van der Waals surface area contributed by atoms with Crippen molar-refractivity contribution >= 4 is 26.0 Å². The number of carbonyl (C=O) groups is 1. The first-order chi connectivity index (χ1) is 8.86. The molecule has 19 heavy (non-hydrogen) atoms. The van der Waals surface area contributed by atoms with Gasteiger partial charge in [0.1, 0.15) is 5.75 Å². The van der Waals surface area contributed by atoms with E-state index in [0.29, 0.717) is 5.75 Å². The zero-order valence-electron chi connectivity index (χ0n) is 10.6. The highest BCUT2D eigenvalue weighted by molar-refractivity contribution is 7.29. The third-order valence-corrected chi connectivity index (χ3v) is 2.99. The third-order valence-electron chi connectivity index (χ3n) is 2.07. The molecule has 2 atom stereocenters. The number of benzene rings is 1. The number of rotatable bonds is 6. The lowest BCUT2D eigenvalue weighted by atomic mass is 10.3. The van der Waals surface area contributed by atoms with Crippen LogP contribution in [0.15, 0.2) is 30.3 Å². The second kappa shape index (κ2) is 6.85. The zero-order chi connectivity index (χ0) is 14.5. The predicted molar refractivity (Wildman–Crippen MR) is 72.5 cm³/mol. The summed E-state index contributed by atoms with van der Waals surface area (Å²) in [5, 5.41) is 0. The van der Waals surface area contributed by atoms with E-state index in [-0.39, 0.29) is 6.10 Å². The molecule has 0 saturated carbocycles. The van der Waals surface area contributed by atoms with Gasteiger partial charge in [0, 0.05) is 0 Å². The molecule has 0 spiro atoms. The number of ether oxygens (including phenoxy) is 2. The van der Waals surface area contributed by atoms with Crippen molar-refractivity contribution in [2.24, 2.45) is 5.73 Å². The van der Waals surface area contributed by atoms with Gasteiger partial charge in [-0.2, -0.15) is 0 Å². The van der Waals surface area contributed by atoms with Crippen LogP contribution < -0.4 is 10.5 Å². The van der Waals surface area contributed by atoms with Crippen LogP contribution >= 0.6 is 20.1 Å². The Labute approximate surface area is 118 Å². The van der Waals surface area contributed by atoms with Gasteiger partial charge < -0.3 is 9.47 Å². The normalized spacial score (nSPS) is 15.8. The standard InChI is InChI=1S/C12H15ClNO4P/c1-8(2)17-11(15)10(12(13,14)19-16)18-9-6-4-3-5-7-9/h3-8,10H,14H2,1-2H3/t10-,12-/m0/s1. The van der Waals surface area contributed by atoms with Crippen molar-refractivity contribution in [1.29, 1.82) is 0 Å². The van der Waals surface area contributed by atoms with E-state index in [1.807, 2.05) is 0 Å². The van der Waals surface area contributed by atoms with Crippen LogP contribution in [-0.2, 0) is 14.1 Å². The minimum atomic E-state index is -1.89. The van der Waals surface area contributed by atoms with Crippen LogP contribution in [0.1, 0.15) is 13.8 Å². The SMILES string of the molecule is CC(C)OC(=O)[C@H](Oc1ccccc1)[C@@](N)(Cl)P=O. The number of para-hydroxylation sites is 1.